The second kappa shape index (κ2) is 4.01. The Labute approximate surface area is 99.3 Å². The van der Waals surface area contributed by atoms with E-state index in [-0.39, 0.29) is 11.5 Å². The first-order valence-corrected chi connectivity index (χ1v) is 5.27. The van der Waals surface area contributed by atoms with E-state index in [1.807, 2.05) is 20.9 Å². The summed E-state index contributed by atoms with van der Waals surface area (Å²) >= 11 is 0. The van der Waals surface area contributed by atoms with Crippen molar-refractivity contribution in [2.75, 3.05) is 5.32 Å². The largest absolute Gasteiger partial charge is 0.508 e. The van der Waals surface area contributed by atoms with E-state index in [1.165, 1.54) is 6.07 Å². The molecule has 90 valence electrons. The van der Waals surface area contributed by atoms with Crippen molar-refractivity contribution in [3.05, 3.63) is 29.6 Å². The number of aromatic nitrogens is 2. The van der Waals surface area contributed by atoms with Crippen LogP contribution in [0, 0.1) is 13.8 Å². The lowest BCUT2D eigenvalue weighted by Crippen LogP contribution is -1.95. The third-order valence-corrected chi connectivity index (χ3v) is 2.68. The van der Waals surface area contributed by atoms with Gasteiger partial charge in [-0.15, -0.1) is 0 Å². The molecule has 0 saturated carbocycles. The number of aromatic hydroxyl groups is 2. The number of nitrogens with zero attached hydrogens (tertiary/aromatic N) is 2. The number of aryl methyl sites for hydroxylation is 2. The summed E-state index contributed by atoms with van der Waals surface area (Å²) in [7, 11) is 1.87. The van der Waals surface area contributed by atoms with Crippen molar-refractivity contribution in [2.45, 2.75) is 13.8 Å². The Hall–Kier alpha value is -2.17. The molecule has 1 heterocycles. The lowest BCUT2D eigenvalue weighted by Gasteiger charge is -2.08. The van der Waals surface area contributed by atoms with E-state index in [9.17, 15) is 10.2 Å². The number of hydrogen-bond acceptors (Lipinski definition) is 4. The maximum absolute atomic E-state index is 9.39. The standard InChI is InChI=1S/C12H15N3O2/c1-7-12(8(2)15(3)14-7)13-9-4-10(16)6-11(17)5-9/h4-6,13,16-17H,1-3H3. The minimum Gasteiger partial charge on any atom is -0.508 e. The topological polar surface area (TPSA) is 70.3 Å². The molecular formula is C12H15N3O2. The third kappa shape index (κ3) is 2.18. The molecule has 0 aliphatic rings. The molecule has 0 saturated heterocycles. The van der Waals surface area contributed by atoms with Crippen LogP contribution in [0.1, 0.15) is 11.4 Å². The lowest BCUT2D eigenvalue weighted by atomic mass is 10.2. The van der Waals surface area contributed by atoms with Crippen molar-refractivity contribution in [1.29, 1.82) is 0 Å². The van der Waals surface area contributed by atoms with Gasteiger partial charge in [0.25, 0.3) is 0 Å². The van der Waals surface area contributed by atoms with Crippen molar-refractivity contribution >= 4 is 11.4 Å². The highest BCUT2D eigenvalue weighted by Crippen LogP contribution is 2.29. The summed E-state index contributed by atoms with van der Waals surface area (Å²) in [4.78, 5) is 0. The number of anilines is 2. The molecule has 0 atom stereocenters. The molecule has 1 aromatic carbocycles. The number of rotatable bonds is 2. The predicted octanol–water partition coefficient (Wildman–Crippen LogP) is 2.19. The quantitative estimate of drug-likeness (QED) is 0.743. The summed E-state index contributed by atoms with van der Waals surface area (Å²) in [6, 6.07) is 4.38. The minimum absolute atomic E-state index is 0.0201. The fraction of sp³-hybridized carbons (Fsp3) is 0.250. The summed E-state index contributed by atoms with van der Waals surface area (Å²) in [6.45, 7) is 3.85. The van der Waals surface area contributed by atoms with Gasteiger partial charge in [-0.3, -0.25) is 4.68 Å². The van der Waals surface area contributed by atoms with Crippen LogP contribution in [0.2, 0.25) is 0 Å². The zero-order valence-electron chi connectivity index (χ0n) is 10.0. The van der Waals surface area contributed by atoms with Crippen molar-refractivity contribution in [1.82, 2.24) is 9.78 Å². The van der Waals surface area contributed by atoms with Crippen LogP contribution in [0.25, 0.3) is 0 Å². The molecule has 0 unspecified atom stereocenters. The Bertz CT molecular complexity index is 541. The highest BCUT2D eigenvalue weighted by atomic mass is 16.3. The Balaban J connectivity index is 2.37. The van der Waals surface area contributed by atoms with Gasteiger partial charge in [-0.05, 0) is 13.8 Å². The van der Waals surface area contributed by atoms with E-state index in [4.69, 9.17) is 0 Å². The van der Waals surface area contributed by atoms with Crippen molar-refractivity contribution in [2.24, 2.45) is 7.05 Å². The normalized spacial score (nSPS) is 10.5. The summed E-state index contributed by atoms with van der Waals surface area (Å²) in [5.41, 5.74) is 3.37. The zero-order chi connectivity index (χ0) is 12.6. The van der Waals surface area contributed by atoms with Gasteiger partial charge in [0, 0.05) is 30.9 Å². The number of phenols is 2. The van der Waals surface area contributed by atoms with Crippen molar-refractivity contribution in [3.8, 4) is 11.5 Å². The Morgan fingerprint density at radius 2 is 1.71 bits per heavy atom. The van der Waals surface area contributed by atoms with E-state index < -0.39 is 0 Å². The number of phenolic OH excluding ortho intramolecular Hbond substituents is 2. The second-order valence-corrected chi connectivity index (χ2v) is 4.03. The lowest BCUT2D eigenvalue weighted by molar-refractivity contribution is 0.451. The molecule has 0 aliphatic carbocycles. The molecule has 0 aliphatic heterocycles. The van der Waals surface area contributed by atoms with Gasteiger partial charge in [0.05, 0.1) is 17.1 Å². The van der Waals surface area contributed by atoms with Crippen LogP contribution in [0.3, 0.4) is 0 Å². The molecule has 2 rings (SSSR count). The van der Waals surface area contributed by atoms with Crippen LogP contribution in [0.5, 0.6) is 11.5 Å². The molecule has 3 N–H and O–H groups in total. The van der Waals surface area contributed by atoms with Crippen molar-refractivity contribution < 1.29 is 10.2 Å². The van der Waals surface area contributed by atoms with Gasteiger partial charge in [-0.25, -0.2) is 0 Å². The van der Waals surface area contributed by atoms with Crippen LogP contribution in [-0.4, -0.2) is 20.0 Å². The number of hydrogen-bond donors (Lipinski definition) is 3. The van der Waals surface area contributed by atoms with Crippen LogP contribution >= 0.6 is 0 Å². The van der Waals surface area contributed by atoms with Gasteiger partial charge in [-0.2, -0.15) is 5.10 Å². The SMILES string of the molecule is Cc1nn(C)c(C)c1Nc1cc(O)cc(O)c1. The predicted molar refractivity (Wildman–Crippen MR) is 65.7 cm³/mol. The number of nitrogens with one attached hydrogen (secondary N) is 1. The van der Waals surface area contributed by atoms with Gasteiger partial charge < -0.3 is 15.5 Å². The number of benzene rings is 1. The summed E-state index contributed by atoms with van der Waals surface area (Å²) < 4.78 is 1.78. The molecular weight excluding hydrogens is 218 g/mol. The van der Waals surface area contributed by atoms with E-state index in [2.05, 4.69) is 10.4 Å². The molecule has 2 aromatic rings. The Kier molecular flexibility index (Phi) is 2.67. The minimum atomic E-state index is 0.0201. The molecule has 5 heteroatoms. The third-order valence-electron chi connectivity index (χ3n) is 2.68. The molecule has 0 spiro atoms. The molecule has 0 radical (unpaired) electrons. The Morgan fingerprint density at radius 1 is 1.12 bits per heavy atom. The molecule has 1 aromatic heterocycles. The molecule has 0 fully saturated rings. The zero-order valence-corrected chi connectivity index (χ0v) is 10.0. The van der Waals surface area contributed by atoms with Crippen LogP contribution in [0.4, 0.5) is 11.4 Å². The van der Waals surface area contributed by atoms with E-state index >= 15 is 0 Å². The van der Waals surface area contributed by atoms with E-state index in [1.54, 1.807) is 16.8 Å². The van der Waals surface area contributed by atoms with E-state index in [0.717, 1.165) is 17.1 Å². The average molecular weight is 233 g/mol. The first-order valence-electron chi connectivity index (χ1n) is 5.27. The maximum Gasteiger partial charge on any atom is 0.121 e. The Morgan fingerprint density at radius 3 is 2.18 bits per heavy atom. The highest BCUT2D eigenvalue weighted by Gasteiger charge is 2.10. The first kappa shape index (κ1) is 11.3. The smallest absolute Gasteiger partial charge is 0.121 e. The highest BCUT2D eigenvalue weighted by molar-refractivity contribution is 5.66. The first-order chi connectivity index (χ1) is 7.97. The summed E-state index contributed by atoms with van der Waals surface area (Å²) in [5.74, 6) is 0.0402. The van der Waals surface area contributed by atoms with Gasteiger partial charge in [-0.1, -0.05) is 0 Å². The molecule has 5 nitrogen and oxygen atoms in total. The van der Waals surface area contributed by atoms with Crippen molar-refractivity contribution in [3.63, 3.8) is 0 Å². The maximum atomic E-state index is 9.39. The molecule has 0 amide bonds. The van der Waals surface area contributed by atoms with Gasteiger partial charge in [0.2, 0.25) is 0 Å². The van der Waals surface area contributed by atoms with E-state index in [0.29, 0.717) is 5.69 Å². The second-order valence-electron chi connectivity index (χ2n) is 4.03. The monoisotopic (exact) mass is 233 g/mol. The van der Waals surface area contributed by atoms with Crippen LogP contribution in [0.15, 0.2) is 18.2 Å². The average Bonchev–Trinajstić information content (AvgIpc) is 2.44. The van der Waals surface area contributed by atoms with Gasteiger partial charge in [0.1, 0.15) is 11.5 Å². The summed E-state index contributed by atoms with van der Waals surface area (Å²) in [6.07, 6.45) is 0. The van der Waals surface area contributed by atoms with Gasteiger partial charge in [0.15, 0.2) is 0 Å². The van der Waals surface area contributed by atoms with Gasteiger partial charge >= 0.3 is 0 Å². The molecule has 17 heavy (non-hydrogen) atoms. The summed E-state index contributed by atoms with van der Waals surface area (Å²) in [5, 5.41) is 26.2. The fourth-order valence-electron chi connectivity index (χ4n) is 1.77. The van der Waals surface area contributed by atoms with Crippen LogP contribution in [-0.2, 0) is 7.05 Å². The fourth-order valence-corrected chi connectivity index (χ4v) is 1.77. The molecule has 0 bridgehead atoms. The van der Waals surface area contributed by atoms with Crippen LogP contribution < -0.4 is 5.32 Å².